The standard InChI is InChI=1S/C23H23N5O4S/c29-20(13-1-2-13)27-22-26-18-4-3-16(25-21(18)33-22)14-11-19-17(24-12-14)5-8-28(19)23(30)32-15-6-9-31-10-7-15/h3-4,11-13,15H,1-2,5-10H2,(H,26,27,29). The maximum atomic E-state index is 12.8. The summed E-state index contributed by atoms with van der Waals surface area (Å²) in [6.07, 6.45) is 5.41. The van der Waals surface area contributed by atoms with Crippen molar-refractivity contribution in [2.24, 2.45) is 5.92 Å². The molecule has 170 valence electrons. The van der Waals surface area contributed by atoms with E-state index in [9.17, 15) is 9.59 Å². The zero-order valence-electron chi connectivity index (χ0n) is 18.0. The van der Waals surface area contributed by atoms with Crippen molar-refractivity contribution in [2.45, 2.75) is 38.2 Å². The lowest BCUT2D eigenvalue weighted by molar-refractivity contribution is -0.117. The lowest BCUT2D eigenvalue weighted by Crippen LogP contribution is -2.35. The Morgan fingerprint density at radius 3 is 2.82 bits per heavy atom. The van der Waals surface area contributed by atoms with Crippen LogP contribution in [-0.2, 0) is 20.7 Å². The predicted molar refractivity (Wildman–Crippen MR) is 123 cm³/mol. The minimum atomic E-state index is -0.332. The normalized spacial score (nSPS) is 18.4. The summed E-state index contributed by atoms with van der Waals surface area (Å²) in [4.78, 5) is 41.1. The molecule has 5 heterocycles. The van der Waals surface area contributed by atoms with E-state index in [-0.39, 0.29) is 24.0 Å². The molecule has 1 N–H and O–H groups in total. The minimum absolute atomic E-state index is 0.0323. The Labute approximate surface area is 194 Å². The van der Waals surface area contributed by atoms with Crippen molar-refractivity contribution in [3.8, 4) is 11.3 Å². The average Bonchev–Trinajstić information content (AvgIpc) is 3.48. The van der Waals surface area contributed by atoms with Gasteiger partial charge in [-0.15, -0.1) is 0 Å². The molecule has 1 aliphatic carbocycles. The Balaban J connectivity index is 1.23. The van der Waals surface area contributed by atoms with Crippen molar-refractivity contribution in [1.82, 2.24) is 15.0 Å². The Morgan fingerprint density at radius 2 is 2.00 bits per heavy atom. The van der Waals surface area contributed by atoms with Gasteiger partial charge in [-0.05, 0) is 31.0 Å². The third-order valence-corrected chi connectivity index (χ3v) is 7.08. The Bertz CT molecular complexity index is 1230. The zero-order chi connectivity index (χ0) is 22.4. The van der Waals surface area contributed by atoms with Crippen LogP contribution in [0.4, 0.5) is 15.6 Å². The molecular formula is C23H23N5O4S. The molecule has 2 aliphatic heterocycles. The number of ether oxygens (including phenoxy) is 2. The number of amides is 2. The number of fused-ring (bicyclic) bond motifs is 2. The maximum Gasteiger partial charge on any atom is 0.414 e. The van der Waals surface area contributed by atoms with Crippen LogP contribution in [-0.4, -0.2) is 52.8 Å². The number of carbonyl (C=O) groups excluding carboxylic acids is 2. The first-order valence-corrected chi connectivity index (χ1v) is 12.1. The van der Waals surface area contributed by atoms with Crippen molar-refractivity contribution in [2.75, 3.05) is 30.0 Å². The second-order valence-corrected chi connectivity index (χ2v) is 9.57. The van der Waals surface area contributed by atoms with Crippen molar-refractivity contribution in [3.63, 3.8) is 0 Å². The van der Waals surface area contributed by atoms with Gasteiger partial charge >= 0.3 is 6.09 Å². The van der Waals surface area contributed by atoms with Crippen LogP contribution in [0.25, 0.3) is 21.6 Å². The fourth-order valence-corrected chi connectivity index (χ4v) is 5.00. The van der Waals surface area contributed by atoms with Gasteiger partial charge in [-0.3, -0.25) is 14.7 Å². The summed E-state index contributed by atoms with van der Waals surface area (Å²) < 4.78 is 11.1. The summed E-state index contributed by atoms with van der Waals surface area (Å²) >= 11 is 1.36. The van der Waals surface area contributed by atoms with Crippen LogP contribution in [0.3, 0.4) is 0 Å². The molecule has 0 aromatic carbocycles. The summed E-state index contributed by atoms with van der Waals surface area (Å²) in [6.45, 7) is 1.80. The van der Waals surface area contributed by atoms with Gasteiger partial charge in [0.2, 0.25) is 5.91 Å². The molecule has 2 amide bonds. The smallest absolute Gasteiger partial charge is 0.414 e. The Hall–Kier alpha value is -3.11. The fraction of sp³-hybridized carbons (Fsp3) is 0.435. The molecule has 3 aromatic rings. The summed E-state index contributed by atoms with van der Waals surface area (Å²) in [5, 5.41) is 3.46. The largest absolute Gasteiger partial charge is 0.446 e. The van der Waals surface area contributed by atoms with E-state index in [0.29, 0.717) is 31.3 Å². The van der Waals surface area contributed by atoms with Crippen LogP contribution >= 0.6 is 11.3 Å². The van der Waals surface area contributed by atoms with Crippen LogP contribution in [0.15, 0.2) is 24.4 Å². The van der Waals surface area contributed by atoms with E-state index in [1.54, 1.807) is 11.1 Å². The van der Waals surface area contributed by atoms with Crippen molar-refractivity contribution < 1.29 is 19.1 Å². The van der Waals surface area contributed by atoms with E-state index in [0.717, 1.165) is 58.7 Å². The molecule has 0 atom stereocenters. The van der Waals surface area contributed by atoms with E-state index < -0.39 is 0 Å². The number of hydrogen-bond donors (Lipinski definition) is 1. The maximum absolute atomic E-state index is 12.8. The molecule has 3 aliphatic rings. The summed E-state index contributed by atoms with van der Waals surface area (Å²) in [6, 6.07) is 5.73. The lowest BCUT2D eigenvalue weighted by atomic mass is 10.1. The highest BCUT2D eigenvalue weighted by atomic mass is 32.1. The van der Waals surface area contributed by atoms with Crippen LogP contribution in [0.1, 0.15) is 31.4 Å². The fourth-order valence-electron chi connectivity index (χ4n) is 4.16. The quantitative estimate of drug-likeness (QED) is 0.625. The molecule has 33 heavy (non-hydrogen) atoms. The van der Waals surface area contributed by atoms with Gasteiger partial charge in [-0.2, -0.15) is 0 Å². The molecule has 0 bridgehead atoms. The number of thiazole rings is 1. The third-order valence-electron chi connectivity index (χ3n) is 6.20. The number of pyridine rings is 2. The molecule has 0 unspecified atom stereocenters. The van der Waals surface area contributed by atoms with E-state index in [1.807, 2.05) is 18.2 Å². The first-order chi connectivity index (χ1) is 16.1. The highest BCUT2D eigenvalue weighted by Crippen LogP contribution is 2.34. The summed E-state index contributed by atoms with van der Waals surface area (Å²) in [7, 11) is 0. The van der Waals surface area contributed by atoms with Crippen LogP contribution in [0.2, 0.25) is 0 Å². The van der Waals surface area contributed by atoms with Gasteiger partial charge in [0, 0.05) is 43.5 Å². The highest BCUT2D eigenvalue weighted by molar-refractivity contribution is 7.22. The summed E-state index contributed by atoms with van der Waals surface area (Å²) in [5.41, 5.74) is 3.95. The molecule has 0 spiro atoms. The zero-order valence-corrected chi connectivity index (χ0v) is 18.8. The molecule has 3 aromatic heterocycles. The second kappa shape index (κ2) is 8.35. The monoisotopic (exact) mass is 465 g/mol. The number of nitrogens with one attached hydrogen (secondary N) is 1. The Kier molecular flexibility index (Phi) is 5.18. The van der Waals surface area contributed by atoms with Gasteiger partial charge in [0.15, 0.2) is 5.13 Å². The van der Waals surface area contributed by atoms with Gasteiger partial charge in [0.05, 0.1) is 30.3 Å². The first kappa shape index (κ1) is 20.5. The van der Waals surface area contributed by atoms with E-state index >= 15 is 0 Å². The van der Waals surface area contributed by atoms with Gasteiger partial charge in [-0.1, -0.05) is 11.3 Å². The van der Waals surface area contributed by atoms with E-state index in [4.69, 9.17) is 14.5 Å². The highest BCUT2D eigenvalue weighted by Gasteiger charge is 2.31. The topological polar surface area (TPSA) is 107 Å². The van der Waals surface area contributed by atoms with Gasteiger partial charge in [0.25, 0.3) is 0 Å². The second-order valence-electron chi connectivity index (χ2n) is 8.59. The number of anilines is 2. The van der Waals surface area contributed by atoms with Gasteiger partial charge in [-0.25, -0.2) is 14.8 Å². The average molecular weight is 466 g/mol. The molecule has 10 heteroatoms. The number of aromatic nitrogens is 3. The molecule has 1 saturated carbocycles. The third kappa shape index (κ3) is 4.16. The number of nitrogens with zero attached hydrogens (tertiary/aromatic N) is 4. The number of carbonyl (C=O) groups is 2. The molecule has 0 radical (unpaired) electrons. The summed E-state index contributed by atoms with van der Waals surface area (Å²) in [5.74, 6) is 0.156. The number of hydrogen-bond acceptors (Lipinski definition) is 8. The predicted octanol–water partition coefficient (Wildman–Crippen LogP) is 3.78. The van der Waals surface area contributed by atoms with Crippen molar-refractivity contribution in [3.05, 3.63) is 30.1 Å². The van der Waals surface area contributed by atoms with E-state index in [1.165, 1.54) is 11.3 Å². The Morgan fingerprint density at radius 1 is 1.15 bits per heavy atom. The minimum Gasteiger partial charge on any atom is -0.446 e. The molecular weight excluding hydrogens is 442 g/mol. The molecule has 6 rings (SSSR count). The van der Waals surface area contributed by atoms with Crippen LogP contribution in [0, 0.1) is 5.92 Å². The van der Waals surface area contributed by atoms with Crippen molar-refractivity contribution in [1.29, 1.82) is 0 Å². The lowest BCUT2D eigenvalue weighted by Gasteiger charge is -2.25. The van der Waals surface area contributed by atoms with Gasteiger partial charge < -0.3 is 14.8 Å². The van der Waals surface area contributed by atoms with Gasteiger partial charge in [0.1, 0.15) is 16.5 Å². The SMILES string of the molecule is O=C(Nc1nc2ccc(-c3cnc4c(c3)N(C(=O)OC3CCOCC3)CC4)nc2s1)C1CC1. The number of rotatable bonds is 4. The first-order valence-electron chi connectivity index (χ1n) is 11.3. The van der Waals surface area contributed by atoms with Crippen molar-refractivity contribution >= 4 is 44.5 Å². The molecule has 2 fully saturated rings. The molecule has 9 nitrogen and oxygen atoms in total. The molecule has 1 saturated heterocycles. The van der Waals surface area contributed by atoms with E-state index in [2.05, 4.69) is 15.3 Å². The van der Waals surface area contributed by atoms with Crippen LogP contribution < -0.4 is 10.2 Å². The van der Waals surface area contributed by atoms with Crippen LogP contribution in [0.5, 0.6) is 0 Å².